The minimum Gasteiger partial charge on any atom is -1.00 e. The van der Waals surface area contributed by atoms with E-state index in [0.717, 1.165) is 0 Å². The first-order chi connectivity index (χ1) is 20.4. The molecule has 0 unspecified atom stereocenters. The Bertz CT molecular complexity index is 1630. The molecule has 1 fully saturated rings. The number of hydrogen-bond donors (Lipinski definition) is 0. The molecular formula is C41H42Cl2Zr. The van der Waals surface area contributed by atoms with Crippen molar-refractivity contribution in [2.45, 2.75) is 74.3 Å². The molecule has 1 saturated carbocycles. The predicted octanol–water partition coefficient (Wildman–Crippen LogP) is 4.62. The summed E-state index contributed by atoms with van der Waals surface area (Å²) >= 11 is -2.16. The van der Waals surface area contributed by atoms with Gasteiger partial charge in [0.1, 0.15) is 0 Å². The van der Waals surface area contributed by atoms with E-state index in [2.05, 4.69) is 143 Å². The third-order valence-corrected chi connectivity index (χ3v) is 19.1. The molecule has 224 valence electrons. The Morgan fingerprint density at radius 1 is 0.591 bits per heavy atom. The van der Waals surface area contributed by atoms with Crippen molar-refractivity contribution in [1.29, 1.82) is 0 Å². The van der Waals surface area contributed by atoms with Crippen LogP contribution in [0.25, 0.3) is 11.1 Å². The predicted molar refractivity (Wildman–Crippen MR) is 176 cm³/mol. The van der Waals surface area contributed by atoms with Gasteiger partial charge in [0.2, 0.25) is 0 Å². The van der Waals surface area contributed by atoms with Gasteiger partial charge in [-0.3, -0.25) is 0 Å². The summed E-state index contributed by atoms with van der Waals surface area (Å²) in [4.78, 5) is 0. The molecule has 0 heterocycles. The van der Waals surface area contributed by atoms with Crippen LogP contribution in [0.5, 0.6) is 0 Å². The van der Waals surface area contributed by atoms with E-state index in [1.165, 1.54) is 65.5 Å². The molecule has 0 spiro atoms. The summed E-state index contributed by atoms with van der Waals surface area (Å²) in [6.45, 7) is 9.54. The summed E-state index contributed by atoms with van der Waals surface area (Å²) in [5.74, 6) is 0. The van der Waals surface area contributed by atoms with E-state index in [9.17, 15) is 0 Å². The van der Waals surface area contributed by atoms with E-state index in [4.69, 9.17) is 0 Å². The molecule has 0 N–H and O–H groups in total. The Hall–Kier alpha value is -2.31. The van der Waals surface area contributed by atoms with E-state index in [-0.39, 0.29) is 35.6 Å². The molecule has 0 radical (unpaired) electrons. The van der Waals surface area contributed by atoms with Crippen LogP contribution in [0.15, 0.2) is 119 Å². The minimum absolute atomic E-state index is 0. The Labute approximate surface area is 284 Å². The van der Waals surface area contributed by atoms with Crippen molar-refractivity contribution in [2.24, 2.45) is 0 Å². The summed E-state index contributed by atoms with van der Waals surface area (Å²) < 4.78 is 4.36. The van der Waals surface area contributed by atoms with Crippen molar-refractivity contribution in [3.8, 4) is 11.1 Å². The summed E-state index contributed by atoms with van der Waals surface area (Å²) in [5.41, 5.74) is 11.6. The molecule has 3 heteroatoms. The van der Waals surface area contributed by atoms with Crippen LogP contribution in [0.4, 0.5) is 0 Å². The number of halogens is 2. The standard InChI is InChI=1S/C31H29.C5H8.C5H5.2ClH.Zr/c1-30(2,24-11-7-5-8-12-24)26-17-15-22-19-23-16-18-27(21-29(23)28(22)20-26)31(3,4)25-13-9-6-10-14-25;2*1-2-4-5-3-1;;;/h5-21H,1-4H3;1-4H2;1-3H,4H2;2*1H;/q;;;;;+2/p-2. The van der Waals surface area contributed by atoms with E-state index in [1.54, 1.807) is 14.4 Å². The van der Waals surface area contributed by atoms with Crippen molar-refractivity contribution >= 4 is 3.21 Å². The Balaban J connectivity index is 0.00000192. The Morgan fingerprint density at radius 3 is 1.50 bits per heavy atom. The number of fused-ring (bicyclic) bond motifs is 3. The molecular weight excluding hydrogens is 655 g/mol. The third kappa shape index (κ3) is 5.75. The molecule has 3 aliphatic carbocycles. The summed E-state index contributed by atoms with van der Waals surface area (Å²) in [7, 11) is 0. The van der Waals surface area contributed by atoms with Crippen LogP contribution >= 0.6 is 0 Å². The van der Waals surface area contributed by atoms with Gasteiger partial charge in [-0.1, -0.05) is 0 Å². The number of hydrogen-bond acceptors (Lipinski definition) is 0. The topological polar surface area (TPSA) is 0 Å². The fraction of sp³-hybridized carbons (Fsp3) is 0.293. The van der Waals surface area contributed by atoms with Crippen molar-refractivity contribution in [2.75, 3.05) is 0 Å². The molecule has 0 saturated heterocycles. The molecule has 0 aliphatic heterocycles. The Kier molecular flexibility index (Phi) is 9.92. The average molecular weight is 697 g/mol. The van der Waals surface area contributed by atoms with Gasteiger partial charge in [0.25, 0.3) is 0 Å². The fourth-order valence-electron chi connectivity index (χ4n) is 7.72. The van der Waals surface area contributed by atoms with Gasteiger partial charge in [0.15, 0.2) is 0 Å². The van der Waals surface area contributed by atoms with Gasteiger partial charge in [0.05, 0.1) is 0 Å². The first kappa shape index (κ1) is 33.1. The maximum Gasteiger partial charge on any atom is -1.00 e. The molecule has 0 atom stereocenters. The SMILES string of the molecule is CC(C)(c1ccccc1)c1ccc2c(c1)-c1cc(C(C)(C)c3ccccc3)ccc1[CH]2[Zr+2]([C]1=CC=CC1)=[C]1CCCC1.[Cl-].[Cl-]. The van der Waals surface area contributed by atoms with Gasteiger partial charge in [0, 0.05) is 0 Å². The zero-order chi connectivity index (χ0) is 28.9. The molecule has 0 aromatic heterocycles. The average Bonchev–Trinajstić information content (AvgIpc) is 3.81. The van der Waals surface area contributed by atoms with Crippen LogP contribution in [-0.2, 0) is 32.1 Å². The maximum atomic E-state index is 2.57. The van der Waals surface area contributed by atoms with Crippen molar-refractivity contribution in [3.63, 3.8) is 0 Å². The maximum absolute atomic E-state index is 2.57. The van der Waals surface area contributed by atoms with Gasteiger partial charge in [-0.25, -0.2) is 0 Å². The minimum atomic E-state index is -2.16. The van der Waals surface area contributed by atoms with Crippen LogP contribution < -0.4 is 24.8 Å². The van der Waals surface area contributed by atoms with Gasteiger partial charge in [-0.15, -0.1) is 0 Å². The van der Waals surface area contributed by atoms with Crippen molar-refractivity contribution in [3.05, 3.63) is 152 Å². The molecule has 0 bridgehead atoms. The number of benzene rings is 4. The van der Waals surface area contributed by atoms with Crippen LogP contribution in [-0.4, -0.2) is 3.21 Å². The van der Waals surface area contributed by atoms with Gasteiger partial charge >= 0.3 is 262 Å². The zero-order valence-corrected chi connectivity index (χ0v) is 30.3. The normalized spacial score (nSPS) is 15.5. The second kappa shape index (κ2) is 13.2. The second-order valence-electron chi connectivity index (χ2n) is 13.6. The quantitative estimate of drug-likeness (QED) is 0.276. The second-order valence-corrected chi connectivity index (χ2v) is 20.3. The van der Waals surface area contributed by atoms with Gasteiger partial charge in [-0.05, 0) is 0 Å². The molecule has 0 amide bonds. The van der Waals surface area contributed by atoms with Gasteiger partial charge < -0.3 is 24.8 Å². The zero-order valence-electron chi connectivity index (χ0n) is 26.3. The number of rotatable bonds is 6. The largest absolute Gasteiger partial charge is 1.00 e. The molecule has 4 aromatic rings. The van der Waals surface area contributed by atoms with E-state index in [0.29, 0.717) is 3.63 Å². The first-order valence-electron chi connectivity index (χ1n) is 15.8. The van der Waals surface area contributed by atoms with E-state index in [1.807, 2.05) is 3.21 Å². The molecule has 0 nitrogen and oxygen atoms in total. The van der Waals surface area contributed by atoms with E-state index >= 15 is 0 Å². The number of allylic oxidation sites excluding steroid dienone is 4. The fourth-order valence-corrected chi connectivity index (χ4v) is 17.2. The monoisotopic (exact) mass is 694 g/mol. The Morgan fingerprint density at radius 2 is 1.07 bits per heavy atom. The molecule has 4 aromatic carbocycles. The molecule has 3 aliphatic rings. The summed E-state index contributed by atoms with van der Waals surface area (Å²) in [5, 5.41) is 0. The van der Waals surface area contributed by atoms with Crippen LogP contribution in [0, 0.1) is 0 Å². The van der Waals surface area contributed by atoms with Crippen molar-refractivity contribution < 1.29 is 46.1 Å². The molecule has 7 rings (SSSR count). The summed E-state index contributed by atoms with van der Waals surface area (Å²) in [6.07, 6.45) is 13.9. The van der Waals surface area contributed by atoms with E-state index < -0.39 is 21.3 Å². The molecule has 44 heavy (non-hydrogen) atoms. The van der Waals surface area contributed by atoms with Crippen LogP contribution in [0.3, 0.4) is 0 Å². The van der Waals surface area contributed by atoms with Crippen LogP contribution in [0.2, 0.25) is 0 Å². The van der Waals surface area contributed by atoms with Crippen LogP contribution in [0.1, 0.15) is 96.8 Å². The smallest absolute Gasteiger partial charge is 1.00 e. The van der Waals surface area contributed by atoms with Gasteiger partial charge in [-0.2, -0.15) is 0 Å². The van der Waals surface area contributed by atoms with Crippen molar-refractivity contribution in [1.82, 2.24) is 0 Å². The summed E-state index contributed by atoms with van der Waals surface area (Å²) in [6, 6.07) is 37.2. The first-order valence-corrected chi connectivity index (χ1v) is 19.7. The third-order valence-electron chi connectivity index (χ3n) is 10.4.